The highest BCUT2D eigenvalue weighted by molar-refractivity contribution is 9.10. The highest BCUT2D eigenvalue weighted by Crippen LogP contribution is 2.28. The molecule has 0 fully saturated rings. The zero-order valence-corrected chi connectivity index (χ0v) is 13.4. The number of unbranched alkanes of at least 4 members (excludes halogenated alkanes) is 2. The minimum absolute atomic E-state index is 0.781. The summed E-state index contributed by atoms with van der Waals surface area (Å²) in [5.74, 6) is 0. The van der Waals surface area contributed by atoms with Crippen molar-refractivity contribution in [2.75, 3.05) is 18.4 Å². The van der Waals surface area contributed by atoms with Crippen LogP contribution in [0, 0.1) is 0 Å². The van der Waals surface area contributed by atoms with Crippen molar-refractivity contribution in [3.63, 3.8) is 0 Å². The second kappa shape index (κ2) is 7.45. The van der Waals surface area contributed by atoms with Crippen LogP contribution in [0.2, 0.25) is 0 Å². The van der Waals surface area contributed by atoms with Crippen molar-refractivity contribution in [3.05, 3.63) is 34.9 Å². The van der Waals surface area contributed by atoms with Gasteiger partial charge in [0, 0.05) is 31.0 Å². The summed E-state index contributed by atoms with van der Waals surface area (Å²) in [6.07, 6.45) is 5.38. The molecule has 0 saturated heterocycles. The maximum absolute atomic E-state index is 5.49. The molecule has 0 bridgehead atoms. The summed E-state index contributed by atoms with van der Waals surface area (Å²) in [5.41, 5.74) is 8.71. The summed E-state index contributed by atoms with van der Waals surface area (Å²) in [6, 6.07) is 8.35. The number of nitrogens with two attached hydrogens (primary N) is 1. The first-order chi connectivity index (χ1) is 9.70. The van der Waals surface area contributed by atoms with Gasteiger partial charge in [-0.1, -0.05) is 18.6 Å². The number of aryl methyl sites for hydroxylation is 1. The predicted octanol–water partition coefficient (Wildman–Crippen LogP) is 3.39. The summed E-state index contributed by atoms with van der Waals surface area (Å²) in [7, 11) is 1.92. The average molecular weight is 337 g/mol. The van der Waals surface area contributed by atoms with Crippen LogP contribution < -0.4 is 11.1 Å². The van der Waals surface area contributed by atoms with E-state index in [1.165, 1.54) is 6.42 Å². The van der Waals surface area contributed by atoms with Crippen molar-refractivity contribution in [3.8, 4) is 11.3 Å². The van der Waals surface area contributed by atoms with Crippen LogP contribution in [0.5, 0.6) is 0 Å². The Balaban J connectivity index is 1.99. The summed E-state index contributed by atoms with van der Waals surface area (Å²) < 4.78 is 2.83. The minimum atomic E-state index is 0.781. The van der Waals surface area contributed by atoms with E-state index in [0.717, 1.165) is 47.3 Å². The molecule has 2 rings (SSSR count). The van der Waals surface area contributed by atoms with E-state index in [9.17, 15) is 0 Å². The Morgan fingerprint density at radius 2 is 2.15 bits per heavy atom. The Labute approximate surface area is 128 Å². The van der Waals surface area contributed by atoms with E-state index < -0.39 is 0 Å². The zero-order chi connectivity index (χ0) is 14.4. The molecule has 1 aromatic heterocycles. The standard InChI is InChI=1S/C15H21BrN4/c1-20-11-14(16)15(19-20)12-6-5-7-13(10-12)18-9-4-2-3-8-17/h5-7,10-11,18H,2-4,8-9,17H2,1H3. The van der Waals surface area contributed by atoms with Crippen molar-refractivity contribution in [1.29, 1.82) is 0 Å². The molecule has 0 amide bonds. The molecule has 2 aromatic rings. The van der Waals surface area contributed by atoms with Gasteiger partial charge >= 0.3 is 0 Å². The monoisotopic (exact) mass is 336 g/mol. The predicted molar refractivity (Wildman–Crippen MR) is 87.7 cm³/mol. The maximum atomic E-state index is 5.49. The highest BCUT2D eigenvalue weighted by Gasteiger charge is 2.07. The van der Waals surface area contributed by atoms with E-state index in [-0.39, 0.29) is 0 Å². The third kappa shape index (κ3) is 4.08. The van der Waals surface area contributed by atoms with E-state index in [1.807, 2.05) is 17.9 Å². The number of anilines is 1. The lowest BCUT2D eigenvalue weighted by atomic mass is 10.1. The first-order valence-electron chi connectivity index (χ1n) is 6.94. The number of hydrogen-bond acceptors (Lipinski definition) is 3. The van der Waals surface area contributed by atoms with Gasteiger partial charge < -0.3 is 11.1 Å². The van der Waals surface area contributed by atoms with Crippen molar-refractivity contribution < 1.29 is 0 Å². The smallest absolute Gasteiger partial charge is 0.107 e. The second-order valence-electron chi connectivity index (χ2n) is 4.86. The maximum Gasteiger partial charge on any atom is 0.107 e. The molecule has 1 heterocycles. The number of rotatable bonds is 7. The fourth-order valence-corrected chi connectivity index (χ4v) is 2.71. The third-order valence-corrected chi connectivity index (χ3v) is 3.71. The number of halogens is 1. The SMILES string of the molecule is Cn1cc(Br)c(-c2cccc(NCCCCCN)c2)n1. The Bertz CT molecular complexity index is 551. The van der Waals surface area contributed by atoms with Gasteiger partial charge in [-0.2, -0.15) is 5.10 Å². The first-order valence-corrected chi connectivity index (χ1v) is 7.73. The molecular weight excluding hydrogens is 316 g/mol. The van der Waals surface area contributed by atoms with Gasteiger partial charge in [0.05, 0.1) is 4.47 Å². The van der Waals surface area contributed by atoms with Gasteiger partial charge in [0.25, 0.3) is 0 Å². The van der Waals surface area contributed by atoms with Crippen LogP contribution in [0.1, 0.15) is 19.3 Å². The Morgan fingerprint density at radius 1 is 1.30 bits per heavy atom. The Hall–Kier alpha value is -1.33. The van der Waals surface area contributed by atoms with Crippen LogP contribution in [0.3, 0.4) is 0 Å². The number of nitrogens with one attached hydrogen (secondary N) is 1. The number of aromatic nitrogens is 2. The Morgan fingerprint density at radius 3 is 2.85 bits per heavy atom. The molecule has 0 aliphatic rings. The zero-order valence-electron chi connectivity index (χ0n) is 11.8. The van der Waals surface area contributed by atoms with Crippen LogP contribution in [0.4, 0.5) is 5.69 Å². The van der Waals surface area contributed by atoms with Gasteiger partial charge in [-0.05, 0) is 47.4 Å². The summed E-state index contributed by atoms with van der Waals surface area (Å²) in [6.45, 7) is 1.76. The van der Waals surface area contributed by atoms with Crippen LogP contribution in [-0.4, -0.2) is 22.9 Å². The van der Waals surface area contributed by atoms with E-state index in [0.29, 0.717) is 0 Å². The van der Waals surface area contributed by atoms with Crippen molar-refractivity contribution >= 4 is 21.6 Å². The van der Waals surface area contributed by atoms with Crippen LogP contribution >= 0.6 is 15.9 Å². The molecule has 3 N–H and O–H groups in total. The van der Waals surface area contributed by atoms with E-state index in [1.54, 1.807) is 0 Å². The van der Waals surface area contributed by atoms with Crippen LogP contribution in [0.15, 0.2) is 34.9 Å². The molecule has 0 aliphatic carbocycles. The lowest BCUT2D eigenvalue weighted by Gasteiger charge is -2.07. The van der Waals surface area contributed by atoms with Crippen molar-refractivity contribution in [1.82, 2.24) is 9.78 Å². The number of benzene rings is 1. The van der Waals surface area contributed by atoms with Crippen molar-refractivity contribution in [2.45, 2.75) is 19.3 Å². The molecule has 20 heavy (non-hydrogen) atoms. The fraction of sp³-hybridized carbons (Fsp3) is 0.400. The minimum Gasteiger partial charge on any atom is -0.385 e. The molecule has 5 heteroatoms. The molecule has 1 aromatic carbocycles. The largest absolute Gasteiger partial charge is 0.385 e. The summed E-state index contributed by atoms with van der Waals surface area (Å²) in [4.78, 5) is 0. The molecule has 4 nitrogen and oxygen atoms in total. The fourth-order valence-electron chi connectivity index (χ4n) is 2.11. The molecular formula is C15H21BrN4. The molecule has 0 atom stereocenters. The molecule has 0 aliphatic heterocycles. The lowest BCUT2D eigenvalue weighted by molar-refractivity contribution is 0.707. The molecule has 0 unspecified atom stereocenters. The van der Waals surface area contributed by atoms with Gasteiger partial charge in [0.15, 0.2) is 0 Å². The Kier molecular flexibility index (Phi) is 5.61. The van der Waals surface area contributed by atoms with Gasteiger partial charge in [-0.25, -0.2) is 0 Å². The summed E-state index contributed by atoms with van der Waals surface area (Å²) in [5, 5.41) is 7.92. The average Bonchev–Trinajstić information content (AvgIpc) is 2.78. The van der Waals surface area contributed by atoms with Crippen LogP contribution in [-0.2, 0) is 7.05 Å². The van der Waals surface area contributed by atoms with Gasteiger partial charge in [0.1, 0.15) is 5.69 Å². The van der Waals surface area contributed by atoms with Gasteiger partial charge in [-0.3, -0.25) is 4.68 Å². The second-order valence-corrected chi connectivity index (χ2v) is 5.71. The number of hydrogen-bond donors (Lipinski definition) is 2. The quantitative estimate of drug-likeness (QED) is 0.762. The molecule has 0 saturated carbocycles. The van der Waals surface area contributed by atoms with Gasteiger partial charge in [-0.15, -0.1) is 0 Å². The normalized spacial score (nSPS) is 10.8. The summed E-state index contributed by atoms with van der Waals surface area (Å²) >= 11 is 3.54. The van der Waals surface area contributed by atoms with E-state index in [4.69, 9.17) is 5.73 Å². The number of nitrogens with zero attached hydrogens (tertiary/aromatic N) is 2. The highest BCUT2D eigenvalue weighted by atomic mass is 79.9. The molecule has 108 valence electrons. The van der Waals surface area contributed by atoms with E-state index in [2.05, 4.69) is 50.6 Å². The third-order valence-electron chi connectivity index (χ3n) is 3.13. The lowest BCUT2D eigenvalue weighted by Crippen LogP contribution is -2.03. The topological polar surface area (TPSA) is 55.9 Å². The van der Waals surface area contributed by atoms with E-state index >= 15 is 0 Å². The van der Waals surface area contributed by atoms with Gasteiger partial charge in [0.2, 0.25) is 0 Å². The van der Waals surface area contributed by atoms with Crippen molar-refractivity contribution in [2.24, 2.45) is 12.8 Å². The molecule has 0 spiro atoms. The van der Waals surface area contributed by atoms with Crippen LogP contribution in [0.25, 0.3) is 11.3 Å². The molecule has 0 radical (unpaired) electrons. The first kappa shape index (κ1) is 15.1.